The van der Waals surface area contributed by atoms with E-state index in [2.05, 4.69) is 189 Å². The van der Waals surface area contributed by atoms with Crippen molar-refractivity contribution < 1.29 is 16.8 Å². The maximum absolute atomic E-state index is 5.39. The van der Waals surface area contributed by atoms with Gasteiger partial charge in [0.05, 0.1) is 33.8 Å². The van der Waals surface area contributed by atoms with Crippen LogP contribution in [0.2, 0.25) is 0 Å². The summed E-state index contributed by atoms with van der Waals surface area (Å²) in [6.45, 7) is 8.84. The fourth-order valence-electron chi connectivity index (χ4n) is 7.72. The zero-order valence-electron chi connectivity index (χ0n) is 30.1. The second-order valence-electron chi connectivity index (χ2n) is 13.8. The molecule has 0 saturated carbocycles. The number of hydrogen-bond donors (Lipinski definition) is 1. The van der Waals surface area contributed by atoms with Crippen LogP contribution in [-0.2, 0) is 16.8 Å². The molecule has 53 heavy (non-hydrogen) atoms. The van der Waals surface area contributed by atoms with Crippen LogP contribution in [0.15, 0.2) is 127 Å². The maximum Gasteiger partial charge on any atom is 0.0737 e. The van der Waals surface area contributed by atoms with E-state index in [9.17, 15) is 0 Å². The van der Waals surface area contributed by atoms with Crippen molar-refractivity contribution in [3.05, 3.63) is 172 Å². The molecule has 0 amide bonds. The number of benzene rings is 4. The third-order valence-electron chi connectivity index (χ3n) is 10.3. The molecule has 0 atom stereocenters. The fraction of sp³-hybridized carbons (Fsp3) is 0.0833. The molecule has 4 nitrogen and oxygen atoms in total. The Labute approximate surface area is 320 Å². The molecule has 0 aliphatic carbocycles. The summed E-state index contributed by atoms with van der Waals surface area (Å²) in [5.74, 6) is 0. The number of H-pyrrole nitrogens is 1. The molecular weight excluding hydrogens is 691 g/mol. The van der Waals surface area contributed by atoms with E-state index in [0.717, 1.165) is 61.7 Å². The van der Waals surface area contributed by atoms with Gasteiger partial charge >= 0.3 is 0 Å². The quantitative estimate of drug-likeness (QED) is 0.196. The van der Waals surface area contributed by atoms with Crippen LogP contribution in [0.3, 0.4) is 0 Å². The Morgan fingerprint density at radius 3 is 1.51 bits per heavy atom. The molecule has 9 rings (SSSR count). The number of aryl methyl sites for hydroxylation is 4. The van der Waals surface area contributed by atoms with E-state index in [4.69, 9.17) is 9.97 Å². The van der Waals surface area contributed by atoms with E-state index >= 15 is 0 Å². The molecule has 0 unspecified atom stereocenters. The predicted octanol–water partition coefficient (Wildman–Crippen LogP) is 12.4. The van der Waals surface area contributed by atoms with Crippen molar-refractivity contribution in [2.45, 2.75) is 27.7 Å². The predicted molar refractivity (Wildman–Crippen MR) is 219 cm³/mol. The minimum absolute atomic E-state index is 0. The van der Waals surface area contributed by atoms with E-state index in [1.54, 1.807) is 0 Å². The summed E-state index contributed by atoms with van der Waals surface area (Å²) in [5, 5.41) is 0. The van der Waals surface area contributed by atoms with Crippen molar-refractivity contribution in [2.24, 2.45) is 0 Å². The molecule has 0 fully saturated rings. The zero-order valence-corrected chi connectivity index (χ0v) is 31.1. The number of hydrogen-bond acceptors (Lipinski definition) is 2. The molecule has 5 heterocycles. The number of aromatic nitrogens is 4. The van der Waals surface area contributed by atoms with Crippen molar-refractivity contribution >= 4 is 46.4 Å². The number of nitrogens with zero attached hydrogens (tertiary/aromatic N) is 3. The SMILES string of the molecule is Cc1ccccc1-c1c(-c2ccccc2C)c2c(-c3ccccc3C)c3nc(cc4ccc(cc5nc(cc1n2-c1ccccc1C)C=C5)[nH]4)C=C3.[Co]. The Kier molecular flexibility index (Phi) is 8.91. The van der Waals surface area contributed by atoms with Crippen molar-refractivity contribution in [1.82, 2.24) is 19.5 Å². The van der Waals surface area contributed by atoms with Crippen molar-refractivity contribution in [3.63, 3.8) is 0 Å². The normalized spacial score (nSPS) is 11.8. The first-order chi connectivity index (χ1) is 25.4. The van der Waals surface area contributed by atoms with Crippen LogP contribution in [0, 0.1) is 27.7 Å². The topological polar surface area (TPSA) is 46.5 Å². The third kappa shape index (κ3) is 6.08. The summed E-state index contributed by atoms with van der Waals surface area (Å²) in [7, 11) is 0. The van der Waals surface area contributed by atoms with Gasteiger partial charge in [-0.05, 0) is 127 Å². The number of para-hydroxylation sites is 1. The zero-order chi connectivity index (χ0) is 35.3. The molecule has 1 N–H and O–H groups in total. The summed E-state index contributed by atoms with van der Waals surface area (Å²) < 4.78 is 2.49. The van der Waals surface area contributed by atoms with Crippen molar-refractivity contribution in [2.75, 3.05) is 0 Å². The van der Waals surface area contributed by atoms with Crippen molar-refractivity contribution in [3.8, 4) is 39.1 Å². The summed E-state index contributed by atoms with van der Waals surface area (Å²) in [6.07, 6.45) is 8.53. The molecule has 2 aliphatic rings. The average molecular weight is 730 g/mol. The summed E-state index contributed by atoms with van der Waals surface area (Å²) in [4.78, 5) is 14.1. The van der Waals surface area contributed by atoms with Gasteiger partial charge in [-0.2, -0.15) is 0 Å². The first-order valence-corrected chi connectivity index (χ1v) is 17.8. The van der Waals surface area contributed by atoms with Gasteiger partial charge in [-0.15, -0.1) is 0 Å². The van der Waals surface area contributed by atoms with Crippen LogP contribution in [0.1, 0.15) is 45.0 Å². The standard InChI is InChI=1S/C48H38N4.Co/c1-30-13-5-9-17-39(30)45-42-26-25-37(51-42)28-36-22-21-34(49-36)27-35-23-24-38(50-35)29-44-46(40-18-10-6-14-31(40)2)47(41-19-11-7-15-32(41)3)48(45)52(44)43-20-12-8-16-33(43)4;/h5-29,49H,1-4H3;. The largest absolute Gasteiger partial charge is 0.355 e. The average Bonchev–Trinajstić information content (AvgIpc) is 3.95. The molecule has 0 saturated heterocycles. The van der Waals surface area contributed by atoms with E-state index in [0.29, 0.717) is 0 Å². The third-order valence-corrected chi connectivity index (χ3v) is 10.3. The van der Waals surface area contributed by atoms with Crippen LogP contribution in [0.5, 0.6) is 0 Å². The fourth-order valence-corrected chi connectivity index (χ4v) is 7.72. The Bertz CT molecular complexity index is 2800. The smallest absolute Gasteiger partial charge is 0.0737 e. The van der Waals surface area contributed by atoms with Crippen LogP contribution in [-0.4, -0.2) is 19.5 Å². The van der Waals surface area contributed by atoms with Gasteiger partial charge in [0.25, 0.3) is 0 Å². The molecule has 0 spiro atoms. The molecule has 5 heteroatoms. The van der Waals surface area contributed by atoms with Crippen LogP contribution < -0.4 is 0 Å². The first-order valence-electron chi connectivity index (χ1n) is 17.8. The van der Waals surface area contributed by atoms with Gasteiger partial charge in [-0.25, -0.2) is 9.97 Å². The van der Waals surface area contributed by atoms with Gasteiger partial charge in [-0.1, -0.05) is 91.0 Å². The summed E-state index contributed by atoms with van der Waals surface area (Å²) in [6, 6.07) is 45.6. The van der Waals surface area contributed by atoms with Crippen LogP contribution in [0.4, 0.5) is 0 Å². The minimum atomic E-state index is 0. The Hall–Kier alpha value is -6.01. The van der Waals surface area contributed by atoms with E-state index in [1.165, 1.54) is 44.5 Å². The Morgan fingerprint density at radius 2 is 0.925 bits per heavy atom. The van der Waals surface area contributed by atoms with E-state index < -0.39 is 0 Å². The number of nitrogens with one attached hydrogen (secondary N) is 1. The van der Waals surface area contributed by atoms with Gasteiger partial charge in [0.2, 0.25) is 0 Å². The Balaban J connectivity index is 0.00000400. The molecule has 7 aromatic rings. The van der Waals surface area contributed by atoms with Gasteiger partial charge in [0, 0.05) is 50.2 Å². The maximum atomic E-state index is 5.39. The molecule has 1 radical (unpaired) electrons. The second kappa shape index (κ2) is 13.8. The van der Waals surface area contributed by atoms with E-state index in [-0.39, 0.29) is 16.8 Å². The summed E-state index contributed by atoms with van der Waals surface area (Å²) in [5.41, 5.74) is 20.6. The number of aromatic amines is 1. The van der Waals surface area contributed by atoms with E-state index in [1.807, 2.05) is 0 Å². The number of rotatable bonds is 4. The van der Waals surface area contributed by atoms with Gasteiger partial charge in [0.1, 0.15) is 0 Å². The molecule has 4 aromatic carbocycles. The van der Waals surface area contributed by atoms with Gasteiger partial charge in [-0.3, -0.25) is 0 Å². The molecule has 259 valence electrons. The first kappa shape index (κ1) is 34.1. The summed E-state index contributed by atoms with van der Waals surface area (Å²) >= 11 is 0. The molecule has 3 aromatic heterocycles. The number of fused-ring (bicyclic) bond motifs is 8. The van der Waals surface area contributed by atoms with Gasteiger partial charge in [0.15, 0.2) is 0 Å². The van der Waals surface area contributed by atoms with Crippen LogP contribution in [0.25, 0.3) is 85.4 Å². The monoisotopic (exact) mass is 729 g/mol. The second-order valence-corrected chi connectivity index (χ2v) is 13.8. The molecule has 2 aliphatic heterocycles. The minimum Gasteiger partial charge on any atom is -0.355 e. The molecule has 8 bridgehead atoms. The van der Waals surface area contributed by atoms with Gasteiger partial charge < -0.3 is 9.55 Å². The van der Waals surface area contributed by atoms with Crippen LogP contribution >= 0.6 is 0 Å². The molecular formula is C48H38CoN4. The Morgan fingerprint density at radius 1 is 0.453 bits per heavy atom. The van der Waals surface area contributed by atoms with Crippen molar-refractivity contribution in [1.29, 1.82) is 0 Å².